The summed E-state index contributed by atoms with van der Waals surface area (Å²) in [6.45, 7) is 0. The van der Waals surface area contributed by atoms with Gasteiger partial charge in [0.15, 0.2) is 5.58 Å². The number of nitrogens with zero attached hydrogens (tertiary/aromatic N) is 2. The van der Waals surface area contributed by atoms with Crippen molar-refractivity contribution in [2.45, 2.75) is 0 Å². The van der Waals surface area contributed by atoms with Crippen molar-refractivity contribution in [3.63, 3.8) is 0 Å². The molecule has 9 aromatic carbocycles. The summed E-state index contributed by atoms with van der Waals surface area (Å²) < 4.78 is 11.8. The molecule has 0 saturated carbocycles. The summed E-state index contributed by atoms with van der Waals surface area (Å²) in [4.78, 5) is 7.36. The third-order valence-electron chi connectivity index (χ3n) is 10.8. The second kappa shape index (κ2) is 11.5. The number of hydrogen-bond acceptors (Lipinski definition) is 5. The third kappa shape index (κ3) is 4.49. The Morgan fingerprint density at radius 1 is 0.407 bits per heavy atom. The Labute approximate surface area is 317 Å². The van der Waals surface area contributed by atoms with Gasteiger partial charge in [0.05, 0.1) is 0 Å². The van der Waals surface area contributed by atoms with Crippen LogP contribution in [0.2, 0.25) is 0 Å². The smallest absolute Gasteiger partial charge is 0.227 e. The summed E-state index contributed by atoms with van der Waals surface area (Å²) in [7, 11) is 0. The van der Waals surface area contributed by atoms with E-state index in [1.54, 1.807) is 0 Å². The van der Waals surface area contributed by atoms with Gasteiger partial charge in [0.25, 0.3) is 0 Å². The fourth-order valence-electron chi connectivity index (χ4n) is 8.33. The van der Waals surface area contributed by atoms with Crippen molar-refractivity contribution in [3.05, 3.63) is 170 Å². The van der Waals surface area contributed by atoms with Crippen molar-refractivity contribution in [1.29, 1.82) is 0 Å². The van der Waals surface area contributed by atoms with Gasteiger partial charge in [-0.2, -0.15) is 0 Å². The molecule has 3 aromatic heterocycles. The molecule has 0 spiro atoms. The molecule has 252 valence electrons. The minimum Gasteiger partial charge on any atom is -0.435 e. The van der Waals surface area contributed by atoms with Gasteiger partial charge in [-0.1, -0.05) is 91.0 Å². The molecule has 0 radical (unpaired) electrons. The van der Waals surface area contributed by atoms with Crippen LogP contribution in [-0.4, -0.2) is 4.98 Å². The first-order valence-corrected chi connectivity index (χ1v) is 19.7. The standard InChI is InChI=1S/C49H28N2OS2/c1-2-9-32(10-3-1)49-50-41-22-17-31-15-14-30-16-19-33(26-38(30)46(31)48(41)52-49)51(34-20-24-43-39(27-34)37-12-6-7-13-42(37)53-43)35-21-25-44-40(28-35)47-36-11-5-4-8-29(36)18-23-45(47)54-44/h1-28H. The summed E-state index contributed by atoms with van der Waals surface area (Å²) >= 11 is 3.71. The molecule has 5 heteroatoms. The fraction of sp³-hybridized carbons (Fsp3) is 0. The third-order valence-corrected chi connectivity index (χ3v) is 13.1. The molecule has 0 saturated heterocycles. The Morgan fingerprint density at radius 2 is 0.981 bits per heavy atom. The van der Waals surface area contributed by atoms with Crippen LogP contribution >= 0.6 is 22.7 Å². The first-order valence-electron chi connectivity index (χ1n) is 18.1. The van der Waals surface area contributed by atoms with E-state index in [-0.39, 0.29) is 0 Å². The molecule has 0 aliphatic carbocycles. The number of oxazole rings is 1. The maximum Gasteiger partial charge on any atom is 0.227 e. The van der Waals surface area contributed by atoms with Gasteiger partial charge in [-0.15, -0.1) is 22.7 Å². The molecule has 0 atom stereocenters. The Bertz CT molecular complexity index is 3470. The lowest BCUT2D eigenvalue weighted by molar-refractivity contribution is 0.623. The lowest BCUT2D eigenvalue weighted by atomic mass is 9.99. The van der Waals surface area contributed by atoms with Crippen molar-refractivity contribution in [1.82, 2.24) is 4.98 Å². The van der Waals surface area contributed by atoms with Crippen LogP contribution in [-0.2, 0) is 0 Å². The molecule has 0 bridgehead atoms. The highest BCUT2D eigenvalue weighted by atomic mass is 32.1. The summed E-state index contributed by atoms with van der Waals surface area (Å²) in [5, 5.41) is 12.2. The van der Waals surface area contributed by atoms with E-state index in [2.05, 4.69) is 144 Å². The van der Waals surface area contributed by atoms with Gasteiger partial charge in [-0.3, -0.25) is 0 Å². The Kier molecular flexibility index (Phi) is 6.38. The van der Waals surface area contributed by atoms with Gasteiger partial charge in [0, 0.05) is 68.4 Å². The fourth-order valence-corrected chi connectivity index (χ4v) is 10.5. The average molecular weight is 725 g/mol. The number of benzene rings is 9. The van der Waals surface area contributed by atoms with Crippen LogP contribution in [0.1, 0.15) is 0 Å². The highest BCUT2D eigenvalue weighted by molar-refractivity contribution is 7.26. The molecule has 0 unspecified atom stereocenters. The molecule has 0 amide bonds. The molecule has 0 N–H and O–H groups in total. The van der Waals surface area contributed by atoms with E-state index in [9.17, 15) is 0 Å². The van der Waals surface area contributed by atoms with Gasteiger partial charge in [0.1, 0.15) is 5.52 Å². The van der Waals surface area contributed by atoms with Crippen molar-refractivity contribution in [2.24, 2.45) is 0 Å². The number of anilines is 3. The van der Waals surface area contributed by atoms with Crippen molar-refractivity contribution < 1.29 is 4.42 Å². The van der Waals surface area contributed by atoms with Crippen LogP contribution in [0.25, 0.3) is 95.2 Å². The molecule has 54 heavy (non-hydrogen) atoms. The second-order valence-corrected chi connectivity index (χ2v) is 16.1. The SMILES string of the molecule is c1ccc(-c2nc3ccc4ccc5ccc(N(c6ccc7sc8ccccc8c7c6)c6ccc7sc8ccc9ccccc9c8c7c6)cc5c4c3o2)cc1. The maximum atomic E-state index is 6.62. The van der Waals surface area contributed by atoms with Crippen LogP contribution in [0, 0.1) is 0 Å². The summed E-state index contributed by atoms with van der Waals surface area (Å²) in [5.74, 6) is 0.632. The predicted molar refractivity (Wildman–Crippen MR) is 232 cm³/mol. The van der Waals surface area contributed by atoms with Crippen LogP contribution in [0.5, 0.6) is 0 Å². The first kappa shape index (κ1) is 30.0. The zero-order valence-corrected chi connectivity index (χ0v) is 30.4. The van der Waals surface area contributed by atoms with E-state index in [0.717, 1.165) is 55.3 Å². The molecule has 0 aliphatic rings. The normalized spacial score (nSPS) is 12.1. The molecular formula is C49H28N2OS2. The van der Waals surface area contributed by atoms with Gasteiger partial charge in [-0.25, -0.2) is 4.98 Å². The predicted octanol–water partition coefficient (Wildman–Crippen LogP) is 15.2. The molecule has 0 aliphatic heterocycles. The van der Waals surface area contributed by atoms with Crippen molar-refractivity contribution in [3.8, 4) is 11.5 Å². The topological polar surface area (TPSA) is 29.3 Å². The molecule has 0 fully saturated rings. The minimum atomic E-state index is 0.632. The van der Waals surface area contributed by atoms with E-state index < -0.39 is 0 Å². The number of thiophene rings is 2. The molecule has 12 rings (SSSR count). The van der Waals surface area contributed by atoms with Crippen LogP contribution in [0.4, 0.5) is 17.1 Å². The van der Waals surface area contributed by atoms with Gasteiger partial charge < -0.3 is 9.32 Å². The van der Waals surface area contributed by atoms with Crippen molar-refractivity contribution in [2.75, 3.05) is 4.90 Å². The van der Waals surface area contributed by atoms with Gasteiger partial charge >= 0.3 is 0 Å². The monoisotopic (exact) mass is 724 g/mol. The van der Waals surface area contributed by atoms with E-state index in [1.165, 1.54) is 51.1 Å². The highest BCUT2D eigenvalue weighted by Gasteiger charge is 2.20. The quantitative estimate of drug-likeness (QED) is 0.169. The average Bonchev–Trinajstić information content (AvgIpc) is 3.94. The van der Waals surface area contributed by atoms with Crippen LogP contribution < -0.4 is 4.90 Å². The maximum absolute atomic E-state index is 6.62. The van der Waals surface area contributed by atoms with E-state index in [1.807, 2.05) is 53.0 Å². The van der Waals surface area contributed by atoms with E-state index in [0.29, 0.717) is 5.89 Å². The lowest BCUT2D eigenvalue weighted by Gasteiger charge is -2.26. The van der Waals surface area contributed by atoms with Gasteiger partial charge in [0.2, 0.25) is 5.89 Å². The first-order chi connectivity index (χ1) is 26.7. The molecule has 12 aromatic rings. The number of fused-ring (bicyclic) bond motifs is 13. The summed E-state index contributed by atoms with van der Waals surface area (Å²) in [6, 6.07) is 61.5. The molecule has 3 nitrogen and oxygen atoms in total. The zero-order valence-electron chi connectivity index (χ0n) is 28.8. The molecular weight excluding hydrogens is 697 g/mol. The van der Waals surface area contributed by atoms with Gasteiger partial charge in [-0.05, 0) is 106 Å². The second-order valence-electron chi connectivity index (χ2n) is 13.9. The Morgan fingerprint density at radius 3 is 1.85 bits per heavy atom. The Balaban J connectivity index is 1.13. The van der Waals surface area contributed by atoms with Crippen molar-refractivity contribution >= 4 is 123 Å². The molecule has 3 heterocycles. The van der Waals surface area contributed by atoms with E-state index in [4.69, 9.17) is 9.40 Å². The minimum absolute atomic E-state index is 0.632. The number of rotatable bonds is 4. The summed E-state index contributed by atoms with van der Waals surface area (Å²) in [6.07, 6.45) is 0. The summed E-state index contributed by atoms with van der Waals surface area (Å²) in [5.41, 5.74) is 5.94. The lowest BCUT2D eigenvalue weighted by Crippen LogP contribution is -2.09. The number of aromatic nitrogens is 1. The van der Waals surface area contributed by atoms with Crippen LogP contribution in [0.3, 0.4) is 0 Å². The number of hydrogen-bond donors (Lipinski definition) is 0. The highest BCUT2D eigenvalue weighted by Crippen LogP contribution is 2.46. The van der Waals surface area contributed by atoms with Crippen LogP contribution in [0.15, 0.2) is 174 Å². The van der Waals surface area contributed by atoms with E-state index >= 15 is 0 Å². The zero-order chi connectivity index (χ0) is 35.3. The largest absolute Gasteiger partial charge is 0.435 e. The Hall–Kier alpha value is -6.53.